The van der Waals surface area contributed by atoms with E-state index >= 15 is 0 Å². The predicted octanol–water partition coefficient (Wildman–Crippen LogP) is 2.36. The highest BCUT2D eigenvalue weighted by Crippen LogP contribution is 2.16. The van der Waals surface area contributed by atoms with Crippen molar-refractivity contribution in [2.75, 3.05) is 12.4 Å². The van der Waals surface area contributed by atoms with Crippen molar-refractivity contribution in [2.45, 2.75) is 11.6 Å². The van der Waals surface area contributed by atoms with Crippen molar-refractivity contribution < 1.29 is 4.74 Å². The predicted molar refractivity (Wildman–Crippen MR) is 82.8 cm³/mol. The fraction of sp³-hybridized carbons (Fsp3) is 0.200. The summed E-state index contributed by atoms with van der Waals surface area (Å²) in [5.41, 5.74) is 0.991. The van der Waals surface area contributed by atoms with E-state index in [1.807, 2.05) is 36.5 Å². The molecule has 7 heteroatoms. The molecule has 6 nitrogen and oxygen atoms in total. The zero-order valence-electron chi connectivity index (χ0n) is 11.7. The maximum Gasteiger partial charge on any atom is 0.253 e. The lowest BCUT2D eigenvalue weighted by atomic mass is 10.2. The summed E-state index contributed by atoms with van der Waals surface area (Å²) in [7, 11) is 0. The molecule has 0 N–H and O–H groups in total. The van der Waals surface area contributed by atoms with E-state index in [4.69, 9.17) is 10.00 Å². The smallest absolute Gasteiger partial charge is 0.253 e. The number of aromatic nitrogens is 4. The molecular weight excluding hydrogens is 298 g/mol. The number of nitriles is 1. The Hall–Kier alpha value is -2.59. The monoisotopic (exact) mass is 311 g/mol. The SMILES string of the molecule is N#CCc1ccc(OCCSc2nc3ncccn3n2)cc1. The third-order valence-corrected chi connectivity index (χ3v) is 3.69. The first kappa shape index (κ1) is 14.4. The minimum absolute atomic E-state index is 0.420. The van der Waals surface area contributed by atoms with Gasteiger partial charge in [0.25, 0.3) is 5.78 Å². The fourth-order valence-corrected chi connectivity index (χ4v) is 2.50. The lowest BCUT2D eigenvalue weighted by Crippen LogP contribution is -2.00. The Kier molecular flexibility index (Phi) is 4.51. The van der Waals surface area contributed by atoms with Crippen LogP contribution in [-0.4, -0.2) is 31.9 Å². The van der Waals surface area contributed by atoms with Gasteiger partial charge in [-0.1, -0.05) is 23.9 Å². The number of benzene rings is 1. The van der Waals surface area contributed by atoms with Gasteiger partial charge >= 0.3 is 0 Å². The highest BCUT2D eigenvalue weighted by molar-refractivity contribution is 7.99. The van der Waals surface area contributed by atoms with E-state index in [1.54, 1.807) is 10.7 Å². The van der Waals surface area contributed by atoms with E-state index < -0.39 is 0 Å². The number of rotatable bonds is 6. The van der Waals surface area contributed by atoms with Gasteiger partial charge in [-0.3, -0.25) is 0 Å². The Morgan fingerprint density at radius 1 is 1.27 bits per heavy atom. The van der Waals surface area contributed by atoms with Gasteiger partial charge in [0, 0.05) is 18.1 Å². The van der Waals surface area contributed by atoms with Gasteiger partial charge in [0.1, 0.15) is 5.75 Å². The zero-order chi connectivity index (χ0) is 15.2. The Morgan fingerprint density at radius 3 is 2.91 bits per heavy atom. The van der Waals surface area contributed by atoms with Crippen LogP contribution >= 0.6 is 11.8 Å². The van der Waals surface area contributed by atoms with Crippen LogP contribution in [0.15, 0.2) is 47.9 Å². The molecule has 3 rings (SSSR count). The minimum Gasteiger partial charge on any atom is -0.493 e. The van der Waals surface area contributed by atoms with Gasteiger partial charge in [-0.2, -0.15) is 10.2 Å². The van der Waals surface area contributed by atoms with Crippen molar-refractivity contribution in [3.05, 3.63) is 48.3 Å². The van der Waals surface area contributed by atoms with E-state index in [0.717, 1.165) is 17.1 Å². The van der Waals surface area contributed by atoms with Crippen LogP contribution in [0.2, 0.25) is 0 Å². The van der Waals surface area contributed by atoms with E-state index in [9.17, 15) is 0 Å². The molecule has 2 heterocycles. The Morgan fingerprint density at radius 2 is 2.14 bits per heavy atom. The van der Waals surface area contributed by atoms with Crippen LogP contribution in [0.4, 0.5) is 0 Å². The molecule has 0 atom stereocenters. The Balaban J connectivity index is 1.48. The lowest BCUT2D eigenvalue weighted by molar-refractivity contribution is 0.344. The van der Waals surface area contributed by atoms with Crippen LogP contribution in [0.25, 0.3) is 5.78 Å². The van der Waals surface area contributed by atoms with E-state index in [0.29, 0.717) is 24.0 Å². The third-order valence-electron chi connectivity index (χ3n) is 2.89. The topological polar surface area (TPSA) is 76.1 Å². The quantitative estimate of drug-likeness (QED) is 0.514. The number of hydrogen-bond acceptors (Lipinski definition) is 6. The van der Waals surface area contributed by atoms with Crippen LogP contribution in [0.1, 0.15) is 5.56 Å². The summed E-state index contributed by atoms with van der Waals surface area (Å²) in [6.07, 6.45) is 3.93. The van der Waals surface area contributed by atoms with Crippen molar-refractivity contribution in [1.29, 1.82) is 5.26 Å². The second kappa shape index (κ2) is 6.91. The number of thioether (sulfide) groups is 1. The summed E-state index contributed by atoms with van der Waals surface area (Å²) in [4.78, 5) is 8.43. The van der Waals surface area contributed by atoms with Gasteiger partial charge in [-0.15, -0.1) is 5.10 Å². The van der Waals surface area contributed by atoms with Crippen LogP contribution in [0, 0.1) is 11.3 Å². The second-order valence-electron chi connectivity index (χ2n) is 4.43. The van der Waals surface area contributed by atoms with E-state index in [2.05, 4.69) is 21.1 Å². The van der Waals surface area contributed by atoms with Gasteiger partial charge in [0.15, 0.2) is 0 Å². The molecule has 0 aliphatic heterocycles. The molecule has 0 aliphatic rings. The van der Waals surface area contributed by atoms with Crippen molar-refractivity contribution in [2.24, 2.45) is 0 Å². The molecule has 22 heavy (non-hydrogen) atoms. The van der Waals surface area contributed by atoms with Crippen molar-refractivity contribution in [1.82, 2.24) is 19.6 Å². The first-order chi connectivity index (χ1) is 10.8. The largest absolute Gasteiger partial charge is 0.493 e. The molecule has 0 unspecified atom stereocenters. The number of ether oxygens (including phenoxy) is 1. The average molecular weight is 311 g/mol. The molecule has 110 valence electrons. The Labute approximate surface area is 131 Å². The maximum absolute atomic E-state index is 8.62. The maximum atomic E-state index is 8.62. The van der Waals surface area contributed by atoms with Crippen molar-refractivity contribution >= 4 is 17.5 Å². The van der Waals surface area contributed by atoms with Gasteiger partial charge in [-0.05, 0) is 23.8 Å². The highest BCUT2D eigenvalue weighted by Gasteiger charge is 2.04. The highest BCUT2D eigenvalue weighted by atomic mass is 32.2. The third kappa shape index (κ3) is 3.54. The van der Waals surface area contributed by atoms with Crippen LogP contribution < -0.4 is 4.74 Å². The standard InChI is InChI=1S/C15H13N5OS/c16-7-6-12-2-4-13(5-3-12)21-10-11-22-15-18-14-17-8-1-9-20(14)19-15/h1-5,8-9H,6,10-11H2. The minimum atomic E-state index is 0.420. The Bertz CT molecular complexity index is 761. The first-order valence-corrected chi connectivity index (χ1v) is 7.72. The summed E-state index contributed by atoms with van der Waals surface area (Å²) >= 11 is 1.53. The van der Waals surface area contributed by atoms with E-state index in [1.165, 1.54) is 11.8 Å². The molecule has 3 aromatic rings. The number of hydrogen-bond donors (Lipinski definition) is 0. The van der Waals surface area contributed by atoms with Crippen molar-refractivity contribution in [3.8, 4) is 11.8 Å². The van der Waals surface area contributed by atoms with Crippen molar-refractivity contribution in [3.63, 3.8) is 0 Å². The molecule has 0 radical (unpaired) electrons. The van der Waals surface area contributed by atoms with Crippen LogP contribution in [0.5, 0.6) is 5.75 Å². The van der Waals surface area contributed by atoms with Gasteiger partial charge in [-0.25, -0.2) is 9.50 Å². The van der Waals surface area contributed by atoms with Gasteiger partial charge in [0.05, 0.1) is 19.1 Å². The van der Waals surface area contributed by atoms with Crippen LogP contribution in [-0.2, 0) is 6.42 Å². The summed E-state index contributed by atoms with van der Waals surface area (Å²) in [5, 5.41) is 13.6. The summed E-state index contributed by atoms with van der Waals surface area (Å²) in [5.74, 6) is 2.14. The lowest BCUT2D eigenvalue weighted by Gasteiger charge is -2.05. The average Bonchev–Trinajstić information content (AvgIpc) is 2.96. The summed E-state index contributed by atoms with van der Waals surface area (Å²) < 4.78 is 7.30. The van der Waals surface area contributed by atoms with E-state index in [-0.39, 0.29) is 0 Å². The first-order valence-electron chi connectivity index (χ1n) is 6.74. The van der Waals surface area contributed by atoms with Gasteiger partial charge < -0.3 is 4.74 Å². The molecule has 1 aromatic carbocycles. The second-order valence-corrected chi connectivity index (χ2v) is 5.50. The summed E-state index contributed by atoms with van der Waals surface area (Å²) in [6.45, 7) is 0.561. The molecular formula is C15H13N5OS. The van der Waals surface area contributed by atoms with Gasteiger partial charge in [0.2, 0.25) is 5.16 Å². The number of nitrogens with zero attached hydrogens (tertiary/aromatic N) is 5. The molecule has 0 saturated heterocycles. The molecule has 2 aromatic heterocycles. The number of fused-ring (bicyclic) bond motifs is 1. The molecule has 0 spiro atoms. The molecule has 0 amide bonds. The summed E-state index contributed by atoms with van der Waals surface area (Å²) in [6, 6.07) is 11.5. The zero-order valence-corrected chi connectivity index (χ0v) is 12.5. The molecule has 0 fully saturated rings. The fourth-order valence-electron chi connectivity index (χ4n) is 1.86. The normalized spacial score (nSPS) is 10.5. The van der Waals surface area contributed by atoms with Crippen LogP contribution in [0.3, 0.4) is 0 Å². The molecule has 0 bridgehead atoms. The molecule has 0 aliphatic carbocycles. The molecule has 0 saturated carbocycles.